The fourth-order valence-corrected chi connectivity index (χ4v) is 5.09. The van der Waals surface area contributed by atoms with Crippen molar-refractivity contribution in [2.24, 2.45) is 17.3 Å². The molecule has 24 heavy (non-hydrogen) atoms. The highest BCUT2D eigenvalue weighted by Crippen LogP contribution is 2.42. The maximum atomic E-state index is 13.0. The van der Waals surface area contributed by atoms with E-state index in [4.69, 9.17) is 9.47 Å². The van der Waals surface area contributed by atoms with Gasteiger partial charge in [0.25, 0.3) is 0 Å². The van der Waals surface area contributed by atoms with Gasteiger partial charge in [-0.1, -0.05) is 20.8 Å². The van der Waals surface area contributed by atoms with Crippen LogP contribution in [-0.4, -0.2) is 49.3 Å². The van der Waals surface area contributed by atoms with E-state index in [0.29, 0.717) is 29.4 Å². The molecule has 2 saturated heterocycles. The first-order valence-corrected chi connectivity index (χ1v) is 9.95. The van der Waals surface area contributed by atoms with Crippen LogP contribution in [0.5, 0.6) is 0 Å². The van der Waals surface area contributed by atoms with Crippen molar-refractivity contribution in [3.05, 3.63) is 0 Å². The lowest BCUT2D eigenvalue weighted by Crippen LogP contribution is -2.46. The molecule has 0 spiro atoms. The Morgan fingerprint density at radius 1 is 1.04 bits per heavy atom. The largest absolute Gasteiger partial charge is 0.381 e. The van der Waals surface area contributed by atoms with Crippen LogP contribution in [0.15, 0.2) is 0 Å². The lowest BCUT2D eigenvalue weighted by atomic mass is 9.67. The summed E-state index contributed by atoms with van der Waals surface area (Å²) in [5, 5.41) is 0. The SMILES string of the molecule is C[C@H]1C[C@H](C(=O)N2CCC(OC3CCOCC3)CC2)CC(C)(C)C1. The summed E-state index contributed by atoms with van der Waals surface area (Å²) in [5.41, 5.74) is 0.308. The van der Waals surface area contributed by atoms with Crippen LogP contribution in [0.3, 0.4) is 0 Å². The van der Waals surface area contributed by atoms with E-state index in [1.54, 1.807) is 0 Å². The third-order valence-electron chi connectivity index (χ3n) is 6.04. The van der Waals surface area contributed by atoms with Crippen LogP contribution in [0.2, 0.25) is 0 Å². The fraction of sp³-hybridized carbons (Fsp3) is 0.950. The molecular formula is C20H35NO3. The molecule has 3 fully saturated rings. The summed E-state index contributed by atoms with van der Waals surface area (Å²) in [5.74, 6) is 1.30. The van der Waals surface area contributed by atoms with Crippen molar-refractivity contribution in [3.8, 4) is 0 Å². The Labute approximate surface area is 147 Å². The summed E-state index contributed by atoms with van der Waals surface area (Å²) in [4.78, 5) is 15.1. The Morgan fingerprint density at radius 3 is 2.29 bits per heavy atom. The summed E-state index contributed by atoms with van der Waals surface area (Å²) in [7, 11) is 0. The van der Waals surface area contributed by atoms with Crippen molar-refractivity contribution in [2.45, 2.75) is 77.9 Å². The molecule has 1 aliphatic carbocycles. The minimum Gasteiger partial charge on any atom is -0.381 e. The number of amides is 1. The molecule has 2 heterocycles. The number of carbonyl (C=O) groups is 1. The Kier molecular flexibility index (Phi) is 5.86. The molecule has 0 N–H and O–H groups in total. The maximum Gasteiger partial charge on any atom is 0.225 e. The van der Waals surface area contributed by atoms with Crippen molar-refractivity contribution < 1.29 is 14.3 Å². The van der Waals surface area contributed by atoms with E-state index < -0.39 is 0 Å². The summed E-state index contributed by atoms with van der Waals surface area (Å²) in [6.07, 6.45) is 8.10. The molecular weight excluding hydrogens is 302 g/mol. The molecule has 0 aromatic rings. The molecule has 4 heteroatoms. The summed E-state index contributed by atoms with van der Waals surface area (Å²) in [6, 6.07) is 0. The topological polar surface area (TPSA) is 38.8 Å². The van der Waals surface area contributed by atoms with E-state index in [9.17, 15) is 4.79 Å². The van der Waals surface area contributed by atoms with Gasteiger partial charge in [-0.2, -0.15) is 0 Å². The summed E-state index contributed by atoms with van der Waals surface area (Å²) < 4.78 is 11.6. The van der Waals surface area contributed by atoms with Gasteiger partial charge in [0.05, 0.1) is 12.2 Å². The second-order valence-electron chi connectivity index (χ2n) is 9.08. The van der Waals surface area contributed by atoms with Crippen LogP contribution >= 0.6 is 0 Å². The molecule has 2 aliphatic heterocycles. The Balaban J connectivity index is 1.46. The summed E-state index contributed by atoms with van der Waals surface area (Å²) in [6.45, 7) is 10.3. The predicted octanol–water partition coefficient (Wildman–Crippen LogP) is 3.64. The predicted molar refractivity (Wildman–Crippen MR) is 94.8 cm³/mol. The average Bonchev–Trinajstić information content (AvgIpc) is 2.54. The van der Waals surface area contributed by atoms with Gasteiger partial charge in [0.2, 0.25) is 5.91 Å². The van der Waals surface area contributed by atoms with Crippen molar-refractivity contribution in [1.82, 2.24) is 4.90 Å². The molecule has 3 aliphatic rings. The third kappa shape index (κ3) is 4.72. The minimum absolute atomic E-state index is 0.233. The highest BCUT2D eigenvalue weighted by atomic mass is 16.5. The second-order valence-corrected chi connectivity index (χ2v) is 9.08. The monoisotopic (exact) mass is 337 g/mol. The Morgan fingerprint density at radius 2 is 1.67 bits per heavy atom. The first-order chi connectivity index (χ1) is 11.4. The van der Waals surface area contributed by atoms with Crippen molar-refractivity contribution in [2.75, 3.05) is 26.3 Å². The van der Waals surface area contributed by atoms with Gasteiger partial charge in [0, 0.05) is 32.2 Å². The molecule has 1 saturated carbocycles. The highest BCUT2D eigenvalue weighted by Gasteiger charge is 2.38. The average molecular weight is 338 g/mol. The van der Waals surface area contributed by atoms with E-state index in [0.717, 1.165) is 64.8 Å². The number of rotatable bonds is 3. The van der Waals surface area contributed by atoms with Gasteiger partial charge < -0.3 is 14.4 Å². The lowest BCUT2D eigenvalue weighted by Gasteiger charge is -2.41. The lowest BCUT2D eigenvalue weighted by molar-refractivity contribution is -0.143. The number of carbonyl (C=O) groups excluding carboxylic acids is 1. The summed E-state index contributed by atoms with van der Waals surface area (Å²) >= 11 is 0. The second kappa shape index (κ2) is 7.74. The van der Waals surface area contributed by atoms with Gasteiger partial charge >= 0.3 is 0 Å². The van der Waals surface area contributed by atoms with E-state index >= 15 is 0 Å². The molecule has 0 bridgehead atoms. The van der Waals surface area contributed by atoms with Crippen LogP contribution in [-0.2, 0) is 14.3 Å². The molecule has 138 valence electrons. The molecule has 0 aromatic carbocycles. The Hall–Kier alpha value is -0.610. The molecule has 3 rings (SSSR count). The van der Waals surface area contributed by atoms with Gasteiger partial charge in [0.1, 0.15) is 0 Å². The fourth-order valence-electron chi connectivity index (χ4n) is 5.09. The van der Waals surface area contributed by atoms with Crippen molar-refractivity contribution in [3.63, 3.8) is 0 Å². The van der Waals surface area contributed by atoms with E-state index in [-0.39, 0.29) is 5.92 Å². The normalized spacial score (nSPS) is 32.7. The zero-order valence-corrected chi connectivity index (χ0v) is 15.8. The van der Waals surface area contributed by atoms with Gasteiger partial charge in [0.15, 0.2) is 0 Å². The molecule has 0 aromatic heterocycles. The van der Waals surface area contributed by atoms with E-state index in [1.807, 2.05) is 0 Å². The van der Waals surface area contributed by atoms with Gasteiger partial charge in [-0.05, 0) is 56.3 Å². The number of hydrogen-bond donors (Lipinski definition) is 0. The standard InChI is InChI=1S/C20H35NO3/c1-15-12-16(14-20(2,3)13-15)19(22)21-8-4-17(5-9-21)24-18-6-10-23-11-7-18/h15-18H,4-14H2,1-3H3/t15-,16-/m0/s1. The zero-order chi connectivity index (χ0) is 17.2. The molecule has 2 atom stereocenters. The smallest absolute Gasteiger partial charge is 0.225 e. The molecule has 1 amide bonds. The van der Waals surface area contributed by atoms with Crippen LogP contribution in [0.1, 0.15) is 65.7 Å². The number of piperidine rings is 1. The molecule has 0 unspecified atom stereocenters. The first kappa shape index (κ1) is 18.2. The van der Waals surface area contributed by atoms with Crippen LogP contribution < -0.4 is 0 Å². The van der Waals surface area contributed by atoms with Gasteiger partial charge in [-0.3, -0.25) is 4.79 Å². The maximum absolute atomic E-state index is 13.0. The number of nitrogens with zero attached hydrogens (tertiary/aromatic N) is 1. The zero-order valence-electron chi connectivity index (χ0n) is 15.8. The first-order valence-electron chi connectivity index (χ1n) is 9.95. The minimum atomic E-state index is 0.233. The van der Waals surface area contributed by atoms with Crippen molar-refractivity contribution >= 4 is 5.91 Å². The van der Waals surface area contributed by atoms with Crippen molar-refractivity contribution in [1.29, 1.82) is 0 Å². The van der Waals surface area contributed by atoms with Gasteiger partial charge in [-0.15, -0.1) is 0 Å². The van der Waals surface area contributed by atoms with E-state index in [2.05, 4.69) is 25.7 Å². The quantitative estimate of drug-likeness (QED) is 0.789. The van der Waals surface area contributed by atoms with Crippen LogP contribution in [0.25, 0.3) is 0 Å². The Bertz CT molecular complexity index is 423. The highest BCUT2D eigenvalue weighted by molar-refractivity contribution is 5.79. The number of ether oxygens (including phenoxy) is 2. The van der Waals surface area contributed by atoms with Gasteiger partial charge in [-0.25, -0.2) is 0 Å². The molecule has 4 nitrogen and oxygen atoms in total. The number of hydrogen-bond acceptors (Lipinski definition) is 3. The van der Waals surface area contributed by atoms with E-state index in [1.165, 1.54) is 6.42 Å². The molecule has 0 radical (unpaired) electrons. The number of likely N-dealkylation sites (tertiary alicyclic amines) is 1. The third-order valence-corrected chi connectivity index (χ3v) is 6.04. The van der Waals surface area contributed by atoms with Crippen LogP contribution in [0.4, 0.5) is 0 Å². The van der Waals surface area contributed by atoms with Crippen LogP contribution in [0, 0.1) is 17.3 Å².